The van der Waals surface area contributed by atoms with Crippen molar-refractivity contribution in [3.8, 4) is 0 Å². The fraction of sp³-hybridized carbons (Fsp3) is 0.583. The van der Waals surface area contributed by atoms with E-state index in [1.807, 2.05) is 27.1 Å². The third-order valence-corrected chi connectivity index (χ3v) is 10.7. The lowest BCUT2D eigenvalue weighted by Crippen LogP contribution is -2.55. The second kappa shape index (κ2) is 20.4. The minimum absolute atomic E-state index is 0. The molecule has 3 amide bonds. The summed E-state index contributed by atoms with van der Waals surface area (Å²) in [6, 6.07) is 7.14. The van der Waals surface area contributed by atoms with Gasteiger partial charge >= 0.3 is 6.03 Å². The van der Waals surface area contributed by atoms with Crippen molar-refractivity contribution in [3.05, 3.63) is 58.7 Å². The second-order valence-electron chi connectivity index (χ2n) is 13.4. The standard InChI is InChI=1S/C26H37N5O2.C10H17N3S.2ClH.H2O/c1-5-11-30-17-19(25(32)31(26(33)27-6-2)13-8-12-29(3)4)14-21-20-9-7-10-22-24(20)18(16-28-22)15-23(21)30;1-2-5-12-7-3-4-8-9(6-7)14-10(11)13-8;;;/h5,7,9-10,16,19,21,23,28H,1,6,8,11-15,17H2,2-4H3,(H,27,33);7,12H,2-6H2,1H3,(H2,11,13);2*1H;1H2/t19-,21-,23-;7-;;;/m10.../s1. The highest BCUT2D eigenvalue weighted by Gasteiger charge is 2.44. The molecule has 1 fully saturated rings. The monoisotopic (exact) mass is 752 g/mol. The Balaban J connectivity index is 0.000000431. The van der Waals surface area contributed by atoms with Crippen molar-refractivity contribution < 1.29 is 15.1 Å². The van der Waals surface area contributed by atoms with E-state index in [0.29, 0.717) is 31.7 Å². The Bertz CT molecular complexity index is 1530. The predicted molar refractivity (Wildman–Crippen MR) is 211 cm³/mol. The molecule has 1 saturated heterocycles. The number of nitrogens with two attached hydrogens (primary N) is 1. The molecule has 0 unspecified atom stereocenters. The summed E-state index contributed by atoms with van der Waals surface area (Å²) >= 11 is 1.65. The maximum atomic E-state index is 13.7. The number of H-pyrrole nitrogens is 1. The van der Waals surface area contributed by atoms with Gasteiger partial charge in [-0.25, -0.2) is 9.78 Å². The maximum Gasteiger partial charge on any atom is 0.324 e. The SMILES string of the molecule is C=CCN1C[C@H](C(=O)N(CCCN(C)C)C(=O)NCC)C[C@@H]2c3cccc4[nH]cc(c34)C[C@H]21.CCCN[C@H]1CCc2nc(N)sc2C1.Cl.Cl.O. The van der Waals surface area contributed by atoms with Crippen molar-refractivity contribution in [2.24, 2.45) is 5.92 Å². The quantitative estimate of drug-likeness (QED) is 0.205. The van der Waals surface area contributed by atoms with Crippen molar-refractivity contribution in [1.29, 1.82) is 0 Å². The average Bonchev–Trinajstić information content (AvgIpc) is 3.65. The molecule has 2 aromatic heterocycles. The van der Waals surface area contributed by atoms with Crippen LogP contribution < -0.4 is 16.4 Å². The van der Waals surface area contributed by atoms with Gasteiger partial charge in [-0.1, -0.05) is 25.1 Å². The molecule has 7 N–H and O–H groups in total. The number of aromatic amines is 1. The summed E-state index contributed by atoms with van der Waals surface area (Å²) < 4.78 is 0. The van der Waals surface area contributed by atoms with E-state index in [4.69, 9.17) is 5.73 Å². The van der Waals surface area contributed by atoms with Crippen LogP contribution in [0, 0.1) is 5.92 Å². The average molecular weight is 754 g/mol. The number of aryl methyl sites for hydroxylation is 1. The van der Waals surface area contributed by atoms with E-state index in [-0.39, 0.29) is 54.1 Å². The van der Waals surface area contributed by atoms with E-state index in [9.17, 15) is 9.59 Å². The number of thiazole rings is 1. The Hall–Kier alpha value is -2.71. The molecule has 2 aliphatic carbocycles. The highest BCUT2D eigenvalue weighted by molar-refractivity contribution is 7.15. The zero-order valence-corrected chi connectivity index (χ0v) is 32.5. The number of anilines is 1. The van der Waals surface area contributed by atoms with Crippen molar-refractivity contribution in [2.45, 2.75) is 76.8 Å². The number of likely N-dealkylation sites (tertiary alicyclic amines) is 1. The molecule has 1 aliphatic heterocycles. The van der Waals surface area contributed by atoms with E-state index < -0.39 is 0 Å². The Kier molecular flexibility index (Phi) is 17.7. The molecule has 0 bridgehead atoms. The second-order valence-corrected chi connectivity index (χ2v) is 14.6. The first-order chi connectivity index (χ1) is 22.7. The van der Waals surface area contributed by atoms with Gasteiger partial charge in [-0.05, 0) is 96.2 Å². The summed E-state index contributed by atoms with van der Waals surface area (Å²) in [5.74, 6) is -0.0133. The number of nitrogens with one attached hydrogen (secondary N) is 3. The van der Waals surface area contributed by atoms with Crippen molar-refractivity contribution in [3.63, 3.8) is 0 Å². The van der Waals surface area contributed by atoms with Gasteiger partial charge in [0.1, 0.15) is 0 Å². The molecule has 6 rings (SSSR count). The first-order valence-corrected chi connectivity index (χ1v) is 18.2. The van der Waals surface area contributed by atoms with Gasteiger partial charge in [0.05, 0.1) is 11.6 Å². The van der Waals surface area contributed by atoms with Crippen LogP contribution in [0.4, 0.5) is 9.93 Å². The third kappa shape index (κ3) is 10.2. The van der Waals surface area contributed by atoms with Crippen LogP contribution in [0.15, 0.2) is 37.1 Å². The normalized spacial score (nSPS) is 20.5. The van der Waals surface area contributed by atoms with Crippen molar-refractivity contribution in [2.75, 3.05) is 59.1 Å². The lowest BCUT2D eigenvalue weighted by Gasteiger charge is -2.47. The number of rotatable bonds is 11. The first kappa shape index (κ1) is 43.5. The Morgan fingerprint density at radius 3 is 2.68 bits per heavy atom. The van der Waals surface area contributed by atoms with Crippen LogP contribution in [0.5, 0.6) is 0 Å². The molecule has 0 radical (unpaired) electrons. The van der Waals surface area contributed by atoms with Crippen LogP contribution >= 0.6 is 36.2 Å². The van der Waals surface area contributed by atoms with E-state index in [0.717, 1.165) is 62.4 Å². The Morgan fingerprint density at radius 1 is 1.20 bits per heavy atom. The summed E-state index contributed by atoms with van der Waals surface area (Å²) in [6.07, 6.45) is 11.2. The minimum Gasteiger partial charge on any atom is -0.412 e. The number of benzene rings is 1. The van der Waals surface area contributed by atoms with Gasteiger partial charge in [0.2, 0.25) is 5.91 Å². The lowest BCUT2D eigenvalue weighted by molar-refractivity contribution is -0.135. The number of carbonyl (C=O) groups excluding carboxylic acids is 2. The van der Waals surface area contributed by atoms with Crippen LogP contribution in [-0.2, 0) is 24.1 Å². The van der Waals surface area contributed by atoms with E-state index >= 15 is 0 Å². The van der Waals surface area contributed by atoms with Gasteiger partial charge in [0.25, 0.3) is 0 Å². The number of piperidine rings is 1. The summed E-state index contributed by atoms with van der Waals surface area (Å²) in [4.78, 5) is 41.6. The Morgan fingerprint density at radius 2 is 1.98 bits per heavy atom. The third-order valence-electron chi connectivity index (χ3n) is 9.75. The highest BCUT2D eigenvalue weighted by Crippen LogP contribution is 2.45. The van der Waals surface area contributed by atoms with Gasteiger partial charge in [0.15, 0.2) is 5.13 Å². The predicted octanol–water partition coefficient (Wildman–Crippen LogP) is 4.80. The molecule has 11 nitrogen and oxygen atoms in total. The van der Waals surface area contributed by atoms with E-state index in [2.05, 4.69) is 68.3 Å². The van der Waals surface area contributed by atoms with Crippen LogP contribution in [0.2, 0.25) is 0 Å². The van der Waals surface area contributed by atoms with E-state index in [1.54, 1.807) is 11.3 Å². The highest BCUT2D eigenvalue weighted by atomic mass is 35.5. The number of urea groups is 1. The molecule has 280 valence electrons. The minimum atomic E-state index is -0.280. The van der Waals surface area contributed by atoms with E-state index in [1.165, 1.54) is 44.8 Å². The summed E-state index contributed by atoms with van der Waals surface area (Å²) in [7, 11) is 4.01. The molecule has 0 saturated carbocycles. The largest absolute Gasteiger partial charge is 0.412 e. The maximum absolute atomic E-state index is 13.7. The number of hydrogen-bond donors (Lipinski definition) is 4. The first-order valence-electron chi connectivity index (χ1n) is 17.4. The van der Waals surface area contributed by atoms with Crippen molar-refractivity contribution in [1.82, 2.24) is 35.3 Å². The summed E-state index contributed by atoms with van der Waals surface area (Å²) in [6.45, 7) is 12.3. The van der Waals surface area contributed by atoms with Gasteiger partial charge in [-0.3, -0.25) is 14.6 Å². The van der Waals surface area contributed by atoms with Crippen LogP contribution in [-0.4, -0.2) is 108 Å². The van der Waals surface area contributed by atoms with Crippen LogP contribution in [0.25, 0.3) is 10.9 Å². The van der Waals surface area contributed by atoms with Gasteiger partial charge < -0.3 is 31.7 Å². The lowest BCUT2D eigenvalue weighted by atomic mass is 9.72. The molecule has 3 heterocycles. The molecule has 14 heteroatoms. The number of hydrogen-bond acceptors (Lipinski definition) is 8. The van der Waals surface area contributed by atoms with Gasteiger partial charge in [-0.2, -0.15) is 0 Å². The van der Waals surface area contributed by atoms with Crippen LogP contribution in [0.1, 0.15) is 67.1 Å². The van der Waals surface area contributed by atoms with Crippen LogP contribution in [0.3, 0.4) is 0 Å². The molecular weight excluding hydrogens is 695 g/mol. The zero-order chi connectivity index (χ0) is 33.5. The van der Waals surface area contributed by atoms with Gasteiger partial charge in [0, 0.05) is 66.2 Å². The molecule has 3 aliphatic rings. The fourth-order valence-electron chi connectivity index (χ4n) is 7.59. The number of fused-ring (bicyclic) bond motifs is 3. The number of aromatic nitrogens is 2. The molecule has 50 heavy (non-hydrogen) atoms. The zero-order valence-electron chi connectivity index (χ0n) is 30.0. The molecule has 1 aromatic carbocycles. The number of amides is 3. The molecule has 3 aromatic rings. The number of nitrogens with zero attached hydrogens (tertiary/aromatic N) is 4. The summed E-state index contributed by atoms with van der Waals surface area (Å²) in [5.41, 5.74) is 10.8. The smallest absolute Gasteiger partial charge is 0.324 e. The molecule has 0 spiro atoms. The number of imide groups is 1. The molecule has 4 atom stereocenters. The number of nitrogen functional groups attached to an aromatic ring is 1. The molecular formula is C36H58Cl2N8O3S. The Labute approximate surface area is 313 Å². The van der Waals surface area contributed by atoms with Gasteiger partial charge in [-0.15, -0.1) is 42.7 Å². The fourth-order valence-corrected chi connectivity index (χ4v) is 8.55. The van der Waals surface area contributed by atoms with Crippen molar-refractivity contribution >= 4 is 64.1 Å². The topological polar surface area (TPSA) is 154 Å². The number of halogens is 2. The number of carbonyl (C=O) groups is 2. The summed E-state index contributed by atoms with van der Waals surface area (Å²) in [5, 5.41) is 8.44.